The van der Waals surface area contributed by atoms with Crippen LogP contribution in [0.1, 0.15) is 19.8 Å². The average Bonchev–Trinajstić information content (AvgIpc) is 2.68. The highest BCUT2D eigenvalue weighted by atomic mass is 32.2. The number of anilines is 3. The van der Waals surface area contributed by atoms with Crippen molar-refractivity contribution in [2.75, 3.05) is 46.5 Å². The van der Waals surface area contributed by atoms with Crippen LogP contribution in [0.5, 0.6) is 0 Å². The third-order valence-electron chi connectivity index (χ3n) is 4.61. The summed E-state index contributed by atoms with van der Waals surface area (Å²) in [5.41, 5.74) is 1.98. The Morgan fingerprint density at radius 2 is 1.59 bits per heavy atom. The third-order valence-corrected chi connectivity index (χ3v) is 5.96. The molecular formula is C19H25FN4O2S. The lowest BCUT2D eigenvalue weighted by atomic mass is 10.2. The molecule has 27 heavy (non-hydrogen) atoms. The number of pyridine rings is 1. The van der Waals surface area contributed by atoms with Gasteiger partial charge in [0.05, 0.1) is 17.6 Å². The van der Waals surface area contributed by atoms with Gasteiger partial charge in [-0.15, -0.1) is 0 Å². The van der Waals surface area contributed by atoms with Crippen LogP contribution in [0.4, 0.5) is 21.6 Å². The van der Waals surface area contributed by atoms with E-state index in [1.165, 1.54) is 12.1 Å². The number of piperazine rings is 1. The molecule has 2 heterocycles. The number of nitrogens with one attached hydrogen (secondary N) is 1. The molecular weight excluding hydrogens is 367 g/mol. The van der Waals surface area contributed by atoms with E-state index in [2.05, 4.69) is 19.5 Å². The zero-order valence-electron chi connectivity index (χ0n) is 15.4. The summed E-state index contributed by atoms with van der Waals surface area (Å²) in [5.74, 6) is 0.229. The molecule has 1 aromatic heterocycles. The molecule has 0 spiro atoms. The van der Waals surface area contributed by atoms with Crippen molar-refractivity contribution in [3.05, 3.63) is 48.4 Å². The molecule has 1 N–H and O–H groups in total. The molecule has 1 aromatic carbocycles. The summed E-state index contributed by atoms with van der Waals surface area (Å²) >= 11 is 0. The molecule has 146 valence electrons. The summed E-state index contributed by atoms with van der Waals surface area (Å²) in [6.45, 7) is 5.26. The molecule has 6 nitrogen and oxygen atoms in total. The second kappa shape index (κ2) is 8.56. The number of hydrogen-bond acceptors (Lipinski definition) is 5. The Morgan fingerprint density at radius 3 is 2.15 bits per heavy atom. The first-order valence-corrected chi connectivity index (χ1v) is 10.8. The number of rotatable bonds is 7. The van der Waals surface area contributed by atoms with E-state index in [1.54, 1.807) is 24.4 Å². The number of sulfonamides is 1. The summed E-state index contributed by atoms with van der Waals surface area (Å²) in [6, 6.07) is 10.1. The Kier molecular flexibility index (Phi) is 6.15. The van der Waals surface area contributed by atoms with E-state index < -0.39 is 10.0 Å². The monoisotopic (exact) mass is 392 g/mol. The zero-order valence-corrected chi connectivity index (χ0v) is 16.3. The highest BCUT2D eigenvalue weighted by Gasteiger charge is 2.18. The van der Waals surface area contributed by atoms with Crippen LogP contribution in [-0.2, 0) is 10.0 Å². The maximum Gasteiger partial charge on any atom is 0.233 e. The minimum absolute atomic E-state index is 0.109. The summed E-state index contributed by atoms with van der Waals surface area (Å²) in [5, 5.41) is 0. The van der Waals surface area contributed by atoms with Crippen LogP contribution in [0.3, 0.4) is 0 Å². The van der Waals surface area contributed by atoms with Crippen LogP contribution in [-0.4, -0.2) is 45.3 Å². The molecule has 0 atom stereocenters. The fourth-order valence-corrected chi connectivity index (χ4v) is 4.26. The van der Waals surface area contributed by atoms with Gasteiger partial charge in [-0.3, -0.25) is 4.72 Å². The van der Waals surface area contributed by atoms with Crippen molar-refractivity contribution < 1.29 is 12.8 Å². The first-order valence-electron chi connectivity index (χ1n) is 9.19. The van der Waals surface area contributed by atoms with Crippen molar-refractivity contribution in [2.24, 2.45) is 0 Å². The van der Waals surface area contributed by atoms with Crippen molar-refractivity contribution in [1.29, 1.82) is 0 Å². The molecule has 1 aliphatic rings. The number of nitrogens with zero attached hydrogens (tertiary/aromatic N) is 3. The molecule has 1 fully saturated rings. The Labute approximate surface area is 160 Å². The van der Waals surface area contributed by atoms with Crippen LogP contribution >= 0.6 is 0 Å². The molecule has 0 bridgehead atoms. The smallest absolute Gasteiger partial charge is 0.233 e. The predicted octanol–water partition coefficient (Wildman–Crippen LogP) is 3.09. The molecule has 3 rings (SSSR count). The van der Waals surface area contributed by atoms with Gasteiger partial charge >= 0.3 is 0 Å². The molecule has 1 saturated heterocycles. The van der Waals surface area contributed by atoms with Crippen LogP contribution in [0.15, 0.2) is 42.6 Å². The standard InChI is InChI=1S/C19H25FN4O2S/c1-2-3-14-27(25,26)22-19-9-8-18(15-21-19)24-12-10-23(11-13-24)17-6-4-16(20)5-7-17/h4-9,15H,2-3,10-14H2,1H3,(H,21,22). The van der Waals surface area contributed by atoms with E-state index >= 15 is 0 Å². The number of aromatic nitrogens is 1. The molecule has 0 radical (unpaired) electrons. The topological polar surface area (TPSA) is 65.5 Å². The van der Waals surface area contributed by atoms with Gasteiger partial charge < -0.3 is 9.80 Å². The molecule has 0 unspecified atom stereocenters. The molecule has 2 aromatic rings. The first-order chi connectivity index (χ1) is 13.0. The fraction of sp³-hybridized carbons (Fsp3) is 0.421. The van der Waals surface area contributed by atoms with Crippen molar-refractivity contribution in [3.8, 4) is 0 Å². The fourth-order valence-electron chi connectivity index (χ4n) is 3.05. The number of unbranched alkanes of at least 4 members (excludes halogenated alkanes) is 1. The highest BCUT2D eigenvalue weighted by Crippen LogP contribution is 2.21. The number of hydrogen-bond donors (Lipinski definition) is 1. The second-order valence-electron chi connectivity index (χ2n) is 6.63. The lowest BCUT2D eigenvalue weighted by Gasteiger charge is -2.37. The van der Waals surface area contributed by atoms with Gasteiger partial charge in [-0.1, -0.05) is 13.3 Å². The predicted molar refractivity (Wildman–Crippen MR) is 107 cm³/mol. The largest absolute Gasteiger partial charge is 0.368 e. The molecule has 0 amide bonds. The van der Waals surface area contributed by atoms with E-state index in [0.717, 1.165) is 44.0 Å². The van der Waals surface area contributed by atoms with Crippen LogP contribution in [0, 0.1) is 5.82 Å². The summed E-state index contributed by atoms with van der Waals surface area (Å²) in [4.78, 5) is 8.68. The van der Waals surface area contributed by atoms with Crippen molar-refractivity contribution in [1.82, 2.24) is 4.98 Å². The van der Waals surface area contributed by atoms with Gasteiger partial charge in [0.15, 0.2) is 0 Å². The Hall–Kier alpha value is -2.35. The van der Waals surface area contributed by atoms with E-state index in [0.29, 0.717) is 12.2 Å². The Balaban J connectivity index is 1.56. The second-order valence-corrected chi connectivity index (χ2v) is 8.47. The van der Waals surface area contributed by atoms with Gasteiger partial charge in [0.2, 0.25) is 10.0 Å². The van der Waals surface area contributed by atoms with E-state index in [4.69, 9.17) is 0 Å². The Bertz CT molecular complexity index is 833. The van der Waals surface area contributed by atoms with E-state index in [9.17, 15) is 12.8 Å². The first kappa shape index (κ1) is 19.4. The molecule has 0 saturated carbocycles. The minimum Gasteiger partial charge on any atom is -0.368 e. The van der Waals surface area contributed by atoms with Gasteiger partial charge in [0.1, 0.15) is 11.6 Å². The quantitative estimate of drug-likeness (QED) is 0.784. The van der Waals surface area contributed by atoms with Gasteiger partial charge in [0, 0.05) is 31.9 Å². The number of halogens is 1. The lowest BCUT2D eigenvalue weighted by molar-refractivity contribution is 0.597. The van der Waals surface area contributed by atoms with Crippen molar-refractivity contribution in [2.45, 2.75) is 19.8 Å². The Morgan fingerprint density at radius 1 is 1.00 bits per heavy atom. The zero-order chi connectivity index (χ0) is 19.3. The average molecular weight is 393 g/mol. The summed E-state index contributed by atoms with van der Waals surface area (Å²) in [6.07, 6.45) is 3.16. The van der Waals surface area contributed by atoms with Gasteiger partial charge in [-0.2, -0.15) is 0 Å². The minimum atomic E-state index is -3.33. The van der Waals surface area contributed by atoms with Gasteiger partial charge in [-0.05, 0) is 42.8 Å². The lowest BCUT2D eigenvalue weighted by Crippen LogP contribution is -2.46. The normalized spacial score (nSPS) is 15.0. The summed E-state index contributed by atoms with van der Waals surface area (Å²) in [7, 11) is -3.33. The van der Waals surface area contributed by atoms with Crippen LogP contribution in [0.2, 0.25) is 0 Å². The SMILES string of the molecule is CCCCS(=O)(=O)Nc1ccc(N2CCN(c3ccc(F)cc3)CC2)cn1. The van der Waals surface area contributed by atoms with Crippen LogP contribution in [0.25, 0.3) is 0 Å². The number of benzene rings is 1. The van der Waals surface area contributed by atoms with Gasteiger partial charge in [-0.25, -0.2) is 17.8 Å². The maximum absolute atomic E-state index is 13.1. The molecule has 8 heteroatoms. The van der Waals surface area contributed by atoms with Crippen molar-refractivity contribution >= 4 is 27.2 Å². The van der Waals surface area contributed by atoms with Crippen LogP contribution < -0.4 is 14.5 Å². The maximum atomic E-state index is 13.1. The van der Waals surface area contributed by atoms with Crippen molar-refractivity contribution in [3.63, 3.8) is 0 Å². The summed E-state index contributed by atoms with van der Waals surface area (Å²) < 4.78 is 39.5. The molecule has 0 aliphatic carbocycles. The third kappa shape index (κ3) is 5.32. The van der Waals surface area contributed by atoms with E-state index in [1.807, 2.05) is 13.0 Å². The van der Waals surface area contributed by atoms with E-state index in [-0.39, 0.29) is 11.6 Å². The van der Waals surface area contributed by atoms with Gasteiger partial charge in [0.25, 0.3) is 0 Å². The molecule has 1 aliphatic heterocycles. The highest BCUT2D eigenvalue weighted by molar-refractivity contribution is 7.92.